The number of hydrazine groups is 1. The van der Waals surface area contributed by atoms with E-state index >= 15 is 0 Å². The van der Waals surface area contributed by atoms with Crippen LogP contribution in [-0.2, 0) is 12.8 Å². The minimum absolute atomic E-state index is 0.161. The van der Waals surface area contributed by atoms with Crippen LogP contribution in [0.2, 0.25) is 0 Å². The van der Waals surface area contributed by atoms with Crippen molar-refractivity contribution >= 4 is 23.2 Å². The third kappa shape index (κ3) is 4.09. The highest BCUT2D eigenvalue weighted by molar-refractivity contribution is 7.14. The maximum absolute atomic E-state index is 12.4. The zero-order valence-electron chi connectivity index (χ0n) is 15.5. The third-order valence-electron chi connectivity index (χ3n) is 4.83. The average molecular weight is 372 g/mol. The van der Waals surface area contributed by atoms with Gasteiger partial charge >= 0.3 is 0 Å². The van der Waals surface area contributed by atoms with Crippen LogP contribution in [0.4, 0.5) is 0 Å². The number of fused-ring (bicyclic) bond motifs is 1. The minimum Gasteiger partial charge on any atom is -0.266 e. The Hall–Kier alpha value is -2.28. The first-order valence-electron chi connectivity index (χ1n) is 8.75. The van der Waals surface area contributed by atoms with Gasteiger partial charge in [0.1, 0.15) is 5.69 Å². The Morgan fingerprint density at radius 1 is 1.15 bits per heavy atom. The quantitative estimate of drug-likeness (QED) is 0.794. The van der Waals surface area contributed by atoms with E-state index in [2.05, 4.69) is 41.6 Å². The molecule has 1 aliphatic carbocycles. The fourth-order valence-corrected chi connectivity index (χ4v) is 4.23. The van der Waals surface area contributed by atoms with Crippen LogP contribution in [0.3, 0.4) is 0 Å². The molecule has 138 valence electrons. The van der Waals surface area contributed by atoms with Crippen molar-refractivity contribution in [1.82, 2.24) is 20.8 Å². The molecule has 0 aromatic carbocycles. The van der Waals surface area contributed by atoms with Crippen LogP contribution in [0.15, 0.2) is 18.5 Å². The van der Waals surface area contributed by atoms with Crippen molar-refractivity contribution in [3.8, 4) is 0 Å². The molecule has 2 aromatic rings. The molecule has 6 nitrogen and oxygen atoms in total. The summed E-state index contributed by atoms with van der Waals surface area (Å²) in [7, 11) is 0. The number of nitrogens with one attached hydrogen (secondary N) is 2. The molecule has 3 rings (SSSR count). The number of amides is 2. The molecule has 0 spiro atoms. The van der Waals surface area contributed by atoms with Crippen molar-refractivity contribution in [2.24, 2.45) is 11.3 Å². The molecular formula is C19H24N4O2S. The predicted octanol–water partition coefficient (Wildman–Crippen LogP) is 3.07. The van der Waals surface area contributed by atoms with E-state index in [1.165, 1.54) is 34.2 Å². The fourth-order valence-electron chi connectivity index (χ4n) is 3.12. The van der Waals surface area contributed by atoms with Gasteiger partial charge in [0, 0.05) is 11.1 Å². The lowest BCUT2D eigenvalue weighted by molar-refractivity contribution is 0.0846. The standard InChI is InChI=1S/C19H24N4O2S/c1-11-9-21-14(10-20-11)17(24)22-23-18(25)16-8-12-7-13(19(2,3)4)5-6-15(12)26-16/h8-10,13H,5-7H2,1-4H3,(H,22,24)(H,23,25). The number of thiophene rings is 1. The molecule has 2 amide bonds. The Morgan fingerprint density at radius 3 is 2.54 bits per heavy atom. The van der Waals surface area contributed by atoms with Crippen molar-refractivity contribution in [1.29, 1.82) is 0 Å². The second kappa shape index (κ2) is 7.15. The van der Waals surface area contributed by atoms with E-state index in [9.17, 15) is 9.59 Å². The molecular weight excluding hydrogens is 348 g/mol. The zero-order valence-corrected chi connectivity index (χ0v) is 16.4. The molecule has 2 heterocycles. The Balaban J connectivity index is 1.62. The lowest BCUT2D eigenvalue weighted by atomic mass is 9.72. The first-order valence-corrected chi connectivity index (χ1v) is 9.56. The topological polar surface area (TPSA) is 84.0 Å². The molecule has 0 radical (unpaired) electrons. The van der Waals surface area contributed by atoms with E-state index in [1.54, 1.807) is 6.92 Å². The maximum atomic E-state index is 12.4. The van der Waals surface area contributed by atoms with Gasteiger partial charge in [0.05, 0.1) is 16.8 Å². The van der Waals surface area contributed by atoms with E-state index in [0.29, 0.717) is 10.8 Å². The summed E-state index contributed by atoms with van der Waals surface area (Å²) < 4.78 is 0. The molecule has 1 aliphatic rings. The van der Waals surface area contributed by atoms with Crippen LogP contribution >= 0.6 is 11.3 Å². The molecule has 0 aliphatic heterocycles. The number of nitrogens with zero attached hydrogens (tertiary/aromatic N) is 2. The SMILES string of the molecule is Cc1cnc(C(=O)NNC(=O)c2cc3c(s2)CCC(C(C)(C)C)C3)cn1. The van der Waals surface area contributed by atoms with E-state index in [4.69, 9.17) is 0 Å². The molecule has 0 bridgehead atoms. The van der Waals surface area contributed by atoms with Crippen LogP contribution in [0.5, 0.6) is 0 Å². The van der Waals surface area contributed by atoms with Gasteiger partial charge in [0.15, 0.2) is 0 Å². The lowest BCUT2D eigenvalue weighted by Gasteiger charge is -2.33. The molecule has 26 heavy (non-hydrogen) atoms. The Bertz CT molecular complexity index is 821. The monoisotopic (exact) mass is 372 g/mol. The Labute approximate surface area is 157 Å². The number of carbonyl (C=O) groups is 2. The van der Waals surface area contributed by atoms with Gasteiger partial charge in [-0.1, -0.05) is 20.8 Å². The van der Waals surface area contributed by atoms with Gasteiger partial charge in [-0.2, -0.15) is 0 Å². The Kier molecular flexibility index (Phi) is 5.09. The number of aryl methyl sites for hydroxylation is 2. The summed E-state index contributed by atoms with van der Waals surface area (Å²) in [6.07, 6.45) is 6.07. The zero-order chi connectivity index (χ0) is 18.9. The van der Waals surface area contributed by atoms with Crippen LogP contribution in [-0.4, -0.2) is 21.8 Å². The number of aromatic nitrogens is 2. The predicted molar refractivity (Wildman–Crippen MR) is 101 cm³/mol. The summed E-state index contributed by atoms with van der Waals surface area (Å²) in [5, 5.41) is 0. The van der Waals surface area contributed by atoms with Crippen LogP contribution < -0.4 is 10.9 Å². The summed E-state index contributed by atoms with van der Waals surface area (Å²) in [5.74, 6) is -0.162. The van der Waals surface area contributed by atoms with E-state index < -0.39 is 5.91 Å². The molecule has 7 heteroatoms. The van der Waals surface area contributed by atoms with Gasteiger partial charge in [0.25, 0.3) is 11.8 Å². The van der Waals surface area contributed by atoms with E-state index in [1.807, 2.05) is 6.07 Å². The van der Waals surface area contributed by atoms with Crippen molar-refractivity contribution in [2.75, 3.05) is 0 Å². The van der Waals surface area contributed by atoms with Crippen molar-refractivity contribution in [3.05, 3.63) is 45.2 Å². The highest BCUT2D eigenvalue weighted by atomic mass is 32.1. The summed E-state index contributed by atoms with van der Waals surface area (Å²) in [5.41, 5.74) is 7.28. The molecule has 0 fully saturated rings. The second-order valence-corrected chi connectivity index (χ2v) is 8.95. The van der Waals surface area contributed by atoms with Gasteiger partial charge in [-0.05, 0) is 49.1 Å². The molecule has 1 atom stereocenters. The lowest BCUT2D eigenvalue weighted by Crippen LogP contribution is -2.41. The van der Waals surface area contributed by atoms with E-state index in [0.717, 1.165) is 25.0 Å². The van der Waals surface area contributed by atoms with E-state index in [-0.39, 0.29) is 17.0 Å². The van der Waals surface area contributed by atoms with Crippen molar-refractivity contribution < 1.29 is 9.59 Å². The molecule has 1 unspecified atom stereocenters. The van der Waals surface area contributed by atoms with Crippen LogP contribution in [0.25, 0.3) is 0 Å². The summed E-state index contributed by atoms with van der Waals surface area (Å²) in [6.45, 7) is 8.60. The van der Waals surface area contributed by atoms with Crippen molar-refractivity contribution in [3.63, 3.8) is 0 Å². The largest absolute Gasteiger partial charge is 0.289 e. The van der Waals surface area contributed by atoms with Crippen molar-refractivity contribution in [2.45, 2.75) is 47.0 Å². The smallest absolute Gasteiger partial charge is 0.266 e. The first-order chi connectivity index (χ1) is 12.2. The van der Waals surface area contributed by atoms with Crippen LogP contribution in [0.1, 0.15) is 63.5 Å². The molecule has 0 saturated heterocycles. The number of carbonyl (C=O) groups excluding carboxylic acids is 2. The third-order valence-corrected chi connectivity index (χ3v) is 6.07. The maximum Gasteiger partial charge on any atom is 0.289 e. The van der Waals surface area contributed by atoms with Gasteiger partial charge in [-0.15, -0.1) is 11.3 Å². The van der Waals surface area contributed by atoms with Gasteiger partial charge in [-0.25, -0.2) is 4.98 Å². The molecule has 0 saturated carbocycles. The highest BCUT2D eigenvalue weighted by Gasteiger charge is 2.30. The second-order valence-electron chi connectivity index (χ2n) is 7.82. The van der Waals surface area contributed by atoms with Gasteiger partial charge < -0.3 is 0 Å². The first kappa shape index (κ1) is 18.5. The number of hydrogen-bond donors (Lipinski definition) is 2. The number of hydrogen-bond acceptors (Lipinski definition) is 5. The Morgan fingerprint density at radius 2 is 1.88 bits per heavy atom. The average Bonchev–Trinajstić information content (AvgIpc) is 3.02. The fraction of sp³-hybridized carbons (Fsp3) is 0.474. The minimum atomic E-state index is -0.486. The van der Waals surface area contributed by atoms with Crippen LogP contribution in [0, 0.1) is 18.3 Å². The van der Waals surface area contributed by atoms with Gasteiger partial charge in [0.2, 0.25) is 0 Å². The molecule has 2 aromatic heterocycles. The summed E-state index contributed by atoms with van der Waals surface area (Å²) >= 11 is 1.51. The highest BCUT2D eigenvalue weighted by Crippen LogP contribution is 2.40. The summed E-state index contributed by atoms with van der Waals surface area (Å²) in [6, 6.07) is 1.96. The summed E-state index contributed by atoms with van der Waals surface area (Å²) in [4.78, 5) is 34.3. The van der Waals surface area contributed by atoms with Gasteiger partial charge in [-0.3, -0.25) is 25.4 Å². The normalized spacial score (nSPS) is 16.7. The molecule has 2 N–H and O–H groups in total. The number of rotatable bonds is 2.